The molecule has 0 aromatic carbocycles. The highest BCUT2D eigenvalue weighted by atomic mass is 19.4. The molecule has 4 unspecified atom stereocenters. The first-order valence-electron chi connectivity index (χ1n) is 33.0. The Kier molecular flexibility index (Phi) is 17.9. The minimum atomic E-state index is -4.89. The van der Waals surface area contributed by atoms with Gasteiger partial charge in [-0.05, 0) is 87.6 Å². The fraction of sp³-hybridized carbons (Fsp3) is 0.477. The smallest absolute Gasteiger partial charge is 0.381 e. The predicted octanol–water partition coefficient (Wildman–Crippen LogP) is 11.3. The SMILES string of the molecule is FC1(F)CN(c2nc(Nc3cc(C(F)(F)F)ccn3)cc(C3CCN(Cc4cn(-c5cc(C(F)(F)F)cc(Nc6cc(C7CCN(Cc8cnc(-c9cc(C(F)(F)F)cc(Nc%10cc(C%11CCN(CC%12CCOC%12)C%11)nc(N%11CC(F)(F)C%11)n%10)n9)nc8)C7)nc(N7CC(F)(F)C7)n6)n5)cn4)C3)n2)C1. The Hall–Kier alpha value is -9.43. The maximum Gasteiger partial charge on any atom is 0.416 e. The van der Waals surface area contributed by atoms with E-state index in [1.54, 1.807) is 6.07 Å². The van der Waals surface area contributed by atoms with Crippen LogP contribution >= 0.6 is 0 Å². The Bertz CT molecular complexity index is 4420. The third-order valence-corrected chi connectivity index (χ3v) is 19.0. The van der Waals surface area contributed by atoms with Crippen molar-refractivity contribution in [2.45, 2.75) is 92.8 Å². The van der Waals surface area contributed by atoms with E-state index in [1.165, 1.54) is 56.3 Å². The number of hydrogen-bond donors (Lipinski definition) is 3. The highest BCUT2D eigenvalue weighted by molar-refractivity contribution is 5.63. The number of hydrogen-bond acceptors (Lipinski definition) is 22. The summed E-state index contributed by atoms with van der Waals surface area (Å²) in [5, 5.41) is 8.50. The summed E-state index contributed by atoms with van der Waals surface area (Å²) in [7, 11) is 0. The zero-order chi connectivity index (χ0) is 72.0. The fourth-order valence-corrected chi connectivity index (χ4v) is 13.8. The Labute approximate surface area is 576 Å². The van der Waals surface area contributed by atoms with Crippen LogP contribution in [0.3, 0.4) is 0 Å². The third kappa shape index (κ3) is 16.0. The van der Waals surface area contributed by atoms with Crippen molar-refractivity contribution in [3.63, 3.8) is 0 Å². The van der Waals surface area contributed by atoms with Crippen LogP contribution in [0.15, 0.2) is 85.7 Å². The van der Waals surface area contributed by atoms with E-state index >= 15 is 0 Å². The van der Waals surface area contributed by atoms with E-state index in [1.807, 2.05) is 9.80 Å². The molecule has 15 rings (SSSR count). The van der Waals surface area contributed by atoms with Crippen molar-refractivity contribution in [2.75, 3.05) is 129 Å². The first-order valence-corrected chi connectivity index (χ1v) is 33.0. The van der Waals surface area contributed by atoms with Crippen LogP contribution < -0.4 is 30.7 Å². The van der Waals surface area contributed by atoms with Gasteiger partial charge in [0, 0.05) is 112 Å². The van der Waals surface area contributed by atoms with Gasteiger partial charge in [0.25, 0.3) is 17.8 Å². The molecule has 7 fully saturated rings. The van der Waals surface area contributed by atoms with E-state index in [9.17, 15) is 65.9 Å². The normalized spacial score (nSPS) is 22.1. The zero-order valence-electron chi connectivity index (χ0n) is 54.3. The van der Waals surface area contributed by atoms with Gasteiger partial charge in [-0.3, -0.25) is 14.4 Å². The third-order valence-electron chi connectivity index (χ3n) is 19.0. The maximum absolute atomic E-state index is 14.8. The number of rotatable bonds is 20. The molecule has 8 aromatic heterocycles. The summed E-state index contributed by atoms with van der Waals surface area (Å²) in [4.78, 5) is 63.4. The zero-order valence-corrected chi connectivity index (χ0v) is 54.3. The van der Waals surface area contributed by atoms with Crippen molar-refractivity contribution in [3.05, 3.63) is 131 Å². The molecule has 0 saturated carbocycles. The number of imidazole rings is 1. The Morgan fingerprint density at radius 3 is 1.42 bits per heavy atom. The van der Waals surface area contributed by atoms with Gasteiger partial charge in [0.15, 0.2) is 5.82 Å². The maximum atomic E-state index is 14.8. The molecule has 7 aliphatic heterocycles. The molecule has 7 aliphatic rings. The second kappa shape index (κ2) is 26.7. The number of aromatic nitrogens is 13. The summed E-state index contributed by atoms with van der Waals surface area (Å²) >= 11 is 0. The second-order valence-electron chi connectivity index (χ2n) is 27.2. The number of alkyl halides is 15. The van der Waals surface area contributed by atoms with Gasteiger partial charge >= 0.3 is 18.5 Å². The van der Waals surface area contributed by atoms with E-state index in [0.29, 0.717) is 99.5 Å². The van der Waals surface area contributed by atoms with Gasteiger partial charge in [-0.1, -0.05) is 0 Å². The van der Waals surface area contributed by atoms with Crippen LogP contribution in [0.1, 0.15) is 88.5 Å². The van der Waals surface area contributed by atoms with Crippen LogP contribution in [-0.2, 0) is 36.4 Å². The van der Waals surface area contributed by atoms with Gasteiger partial charge in [0.1, 0.15) is 52.7 Å². The number of ether oxygens (including phenoxy) is 1. The van der Waals surface area contributed by atoms with Gasteiger partial charge in [-0.2, -0.15) is 54.5 Å². The molecule has 544 valence electrons. The molecular weight excluding hydrogens is 1390 g/mol. The van der Waals surface area contributed by atoms with Crippen molar-refractivity contribution in [1.82, 2.24) is 79.1 Å². The van der Waals surface area contributed by atoms with Gasteiger partial charge in [0.2, 0.25) is 17.8 Å². The molecule has 38 heteroatoms. The lowest BCUT2D eigenvalue weighted by Gasteiger charge is -2.38. The van der Waals surface area contributed by atoms with Gasteiger partial charge in [0.05, 0.1) is 85.3 Å². The fourth-order valence-electron chi connectivity index (χ4n) is 13.8. The predicted molar refractivity (Wildman–Crippen MR) is 341 cm³/mol. The van der Waals surface area contributed by atoms with Gasteiger partial charge in [-0.25, -0.2) is 71.2 Å². The Morgan fingerprint density at radius 1 is 0.466 bits per heavy atom. The van der Waals surface area contributed by atoms with Crippen LogP contribution in [0.5, 0.6) is 0 Å². The molecular formula is C65H63F15N22O. The molecule has 0 bridgehead atoms. The van der Waals surface area contributed by atoms with E-state index in [-0.39, 0.29) is 101 Å². The van der Waals surface area contributed by atoms with Crippen molar-refractivity contribution < 1.29 is 70.6 Å². The summed E-state index contributed by atoms with van der Waals surface area (Å²) in [5.41, 5.74) is -1.06. The minimum absolute atomic E-state index is 0.00502. The van der Waals surface area contributed by atoms with E-state index in [2.05, 4.69) is 80.7 Å². The van der Waals surface area contributed by atoms with Crippen molar-refractivity contribution in [2.24, 2.45) is 5.92 Å². The van der Waals surface area contributed by atoms with E-state index in [4.69, 9.17) is 4.74 Å². The first-order chi connectivity index (χ1) is 48.9. The topological polar surface area (TPSA) is 224 Å². The highest BCUT2D eigenvalue weighted by Crippen LogP contribution is 2.42. The quantitative estimate of drug-likeness (QED) is 0.0603. The average Bonchev–Trinajstić information content (AvgIpc) is 1.66. The van der Waals surface area contributed by atoms with Crippen LogP contribution in [0.25, 0.3) is 17.3 Å². The highest BCUT2D eigenvalue weighted by Gasteiger charge is 2.48. The summed E-state index contributed by atoms with van der Waals surface area (Å²) in [6.45, 7) is 1.60. The molecule has 4 atom stereocenters. The van der Waals surface area contributed by atoms with Gasteiger partial charge < -0.3 is 40.3 Å². The number of nitrogens with one attached hydrogen (secondary N) is 3. The van der Waals surface area contributed by atoms with Gasteiger partial charge in [-0.15, -0.1) is 0 Å². The number of likely N-dealkylation sites (tertiary alicyclic amines) is 3. The largest absolute Gasteiger partial charge is 0.416 e. The van der Waals surface area contributed by atoms with Crippen LogP contribution in [0.4, 0.5) is 119 Å². The molecule has 0 radical (unpaired) electrons. The minimum Gasteiger partial charge on any atom is -0.381 e. The van der Waals surface area contributed by atoms with Crippen molar-refractivity contribution in [1.29, 1.82) is 0 Å². The molecule has 7 saturated heterocycles. The average molecular weight is 1450 g/mol. The van der Waals surface area contributed by atoms with Crippen LogP contribution in [0.2, 0.25) is 0 Å². The molecule has 8 aromatic rings. The monoisotopic (exact) mass is 1450 g/mol. The lowest BCUT2D eigenvalue weighted by molar-refractivity contribution is -0.138. The molecule has 3 N–H and O–H groups in total. The summed E-state index contributed by atoms with van der Waals surface area (Å²) < 4.78 is 221. The number of anilines is 9. The van der Waals surface area contributed by atoms with Crippen LogP contribution in [-0.4, -0.2) is 195 Å². The second-order valence-corrected chi connectivity index (χ2v) is 27.2. The molecule has 0 aliphatic carbocycles. The molecule has 103 heavy (non-hydrogen) atoms. The molecule has 23 nitrogen and oxygen atoms in total. The van der Waals surface area contributed by atoms with Crippen molar-refractivity contribution >= 4 is 52.8 Å². The Balaban J connectivity index is 0.619. The summed E-state index contributed by atoms with van der Waals surface area (Å²) in [6, 6.07) is 9.39. The van der Waals surface area contributed by atoms with E-state index in [0.717, 1.165) is 62.1 Å². The lowest BCUT2D eigenvalue weighted by Crippen LogP contribution is -2.57. The number of pyridine rings is 3. The summed E-state index contributed by atoms with van der Waals surface area (Å²) in [6.07, 6.45) is -5.15. The first kappa shape index (κ1) is 69.3. The molecule has 0 amide bonds. The Morgan fingerprint density at radius 2 is 0.922 bits per heavy atom. The van der Waals surface area contributed by atoms with Crippen molar-refractivity contribution in [3.8, 4) is 17.3 Å². The standard InChI is InChI=1S/C65H63F15N22O/c66-60(67)29-100(30-60)57-86-45(16-52(93-57)89-49-12-41(1-6-81-49)63(72,73)74)40-4-9-98(25-40)26-44-27-99(35-84-44)55-15-43(65(78,79)80)14-51(92-55)91-54-18-47(88-59(95-54)102-33-62(70,71)34-102)39-3-8-97(24-39)22-37-19-82-56(83-20-37)48-11-42(64(75,76)77)13-50(85-48)90-53-17-46(87-58(94-53)101-31-61(68,69)32-101)38-2-7-96(23-38)21-36-5-10-103-28-36/h1,6,11-20,27,35-36,38-40H,2-5,7-10,21-26,28-34H2,(H,81,86,89,93)(H,85,87,90,94)(H,88,91,92,95). The molecule has 0 spiro atoms. The number of halogens is 15. The number of nitrogens with zero attached hydrogens (tertiary/aromatic N) is 19. The lowest BCUT2D eigenvalue weighted by atomic mass is 10.0. The molecule has 15 heterocycles. The van der Waals surface area contributed by atoms with Crippen LogP contribution in [0, 0.1) is 5.92 Å². The van der Waals surface area contributed by atoms with E-state index < -0.39 is 92.3 Å². The summed E-state index contributed by atoms with van der Waals surface area (Å²) in [5.74, 6) is -10.7.